The predicted octanol–water partition coefficient (Wildman–Crippen LogP) is 2.61. The fourth-order valence-corrected chi connectivity index (χ4v) is 4.25. The van der Waals surface area contributed by atoms with Crippen LogP contribution in [0.5, 0.6) is 0 Å². The molecule has 28 heavy (non-hydrogen) atoms. The van der Waals surface area contributed by atoms with E-state index in [9.17, 15) is 14.4 Å². The molecule has 4 aromatic rings. The van der Waals surface area contributed by atoms with Gasteiger partial charge in [0.05, 0.1) is 6.54 Å². The minimum atomic E-state index is -0.496. The highest BCUT2D eigenvalue weighted by Crippen LogP contribution is 2.31. The average Bonchev–Trinajstić information content (AvgIpc) is 3.22. The number of fused-ring (bicyclic) bond motifs is 3. The number of nitrogens with zero attached hydrogens (tertiary/aromatic N) is 4. The van der Waals surface area contributed by atoms with Gasteiger partial charge in [0.25, 0.3) is 17.4 Å². The maximum Gasteiger partial charge on any atom is 0.286 e. The summed E-state index contributed by atoms with van der Waals surface area (Å²) in [5.74, 6) is -0.913. The van der Waals surface area contributed by atoms with E-state index in [-0.39, 0.29) is 27.8 Å². The molecule has 0 radical (unpaired) electrons. The molecule has 0 spiro atoms. The maximum atomic E-state index is 13.1. The number of carbonyl (C=O) groups is 2. The molecule has 1 aliphatic rings. The van der Waals surface area contributed by atoms with Crippen LogP contribution in [0, 0.1) is 0 Å². The Bertz CT molecular complexity index is 1300. The normalized spacial score (nSPS) is 13.4. The highest BCUT2D eigenvalue weighted by molar-refractivity contribution is 7.19. The third-order valence-electron chi connectivity index (χ3n) is 4.58. The number of hydrogen-bond donors (Lipinski definition) is 0. The molecule has 0 N–H and O–H groups in total. The Morgan fingerprint density at radius 1 is 0.821 bits per heavy atom. The zero-order valence-electron chi connectivity index (χ0n) is 14.4. The summed E-state index contributed by atoms with van der Waals surface area (Å²) in [7, 11) is 0. The zero-order valence-corrected chi connectivity index (χ0v) is 15.2. The van der Waals surface area contributed by atoms with Crippen molar-refractivity contribution in [2.24, 2.45) is 0 Å². The number of thiazole rings is 1. The van der Waals surface area contributed by atoms with Crippen molar-refractivity contribution in [1.82, 2.24) is 19.5 Å². The van der Waals surface area contributed by atoms with E-state index in [1.165, 1.54) is 4.40 Å². The largest absolute Gasteiger partial charge is 0.286 e. The molecule has 5 rings (SSSR count). The molecule has 1 aliphatic heterocycles. The van der Waals surface area contributed by atoms with Crippen LogP contribution in [0.4, 0.5) is 0 Å². The summed E-state index contributed by atoms with van der Waals surface area (Å²) in [6, 6.07) is 18.2. The highest BCUT2D eigenvalue weighted by Gasteiger charge is 2.41. The molecule has 0 saturated carbocycles. The Morgan fingerprint density at radius 2 is 1.50 bits per heavy atom. The van der Waals surface area contributed by atoms with Gasteiger partial charge in [0.1, 0.15) is 10.6 Å². The van der Waals surface area contributed by atoms with Crippen LogP contribution in [-0.2, 0) is 6.54 Å². The molecule has 0 bridgehead atoms. The standard InChI is InChI=1S/C20H12N4O3S/c25-17-14(13-9-5-2-6-10-13)21-22-20-24(17)15-16(28-20)19(27)23(18(15)26)11-12-7-3-1-4-8-12/h1-10H,11H2. The van der Waals surface area contributed by atoms with Gasteiger partial charge in [-0.2, -0.15) is 0 Å². The molecule has 8 heteroatoms. The van der Waals surface area contributed by atoms with Gasteiger partial charge in [-0.15, -0.1) is 10.2 Å². The lowest BCUT2D eigenvalue weighted by atomic mass is 10.2. The average molecular weight is 388 g/mol. The minimum absolute atomic E-state index is 0.0676. The van der Waals surface area contributed by atoms with Crippen molar-refractivity contribution >= 4 is 28.1 Å². The Labute approximate surface area is 162 Å². The molecule has 0 saturated heterocycles. The van der Waals surface area contributed by atoms with Crippen molar-refractivity contribution < 1.29 is 9.59 Å². The summed E-state index contributed by atoms with van der Waals surface area (Å²) in [4.78, 5) is 40.5. The second-order valence-corrected chi connectivity index (χ2v) is 7.28. The summed E-state index contributed by atoms with van der Waals surface area (Å²) < 4.78 is 1.21. The summed E-state index contributed by atoms with van der Waals surface area (Å²) in [6.07, 6.45) is 0. The van der Waals surface area contributed by atoms with Crippen LogP contribution < -0.4 is 5.56 Å². The summed E-state index contributed by atoms with van der Waals surface area (Å²) >= 11 is 1.01. The molecule has 7 nitrogen and oxygen atoms in total. The van der Waals surface area contributed by atoms with Gasteiger partial charge >= 0.3 is 0 Å². The van der Waals surface area contributed by atoms with Crippen molar-refractivity contribution in [2.75, 3.05) is 0 Å². The number of rotatable bonds is 3. The monoisotopic (exact) mass is 388 g/mol. The Morgan fingerprint density at radius 3 is 2.21 bits per heavy atom. The lowest BCUT2D eigenvalue weighted by molar-refractivity contribution is 0.0641. The van der Waals surface area contributed by atoms with Gasteiger partial charge in [0, 0.05) is 5.56 Å². The molecule has 2 aromatic heterocycles. The van der Waals surface area contributed by atoms with Gasteiger partial charge in [-0.3, -0.25) is 19.3 Å². The molecule has 2 amide bonds. The Kier molecular flexibility index (Phi) is 3.66. The van der Waals surface area contributed by atoms with Gasteiger partial charge in [0.2, 0.25) is 4.96 Å². The first-order chi connectivity index (χ1) is 13.6. The quantitative estimate of drug-likeness (QED) is 0.504. The molecular formula is C20H12N4O3S. The van der Waals surface area contributed by atoms with Crippen LogP contribution in [0.15, 0.2) is 65.5 Å². The van der Waals surface area contributed by atoms with Crippen LogP contribution in [-0.4, -0.2) is 31.3 Å². The second kappa shape index (κ2) is 6.21. The van der Waals surface area contributed by atoms with Crippen molar-refractivity contribution in [3.05, 3.63) is 87.2 Å². The fourth-order valence-electron chi connectivity index (χ4n) is 3.24. The molecule has 0 unspecified atom stereocenters. The molecule has 136 valence electrons. The van der Waals surface area contributed by atoms with Gasteiger partial charge in [-0.05, 0) is 5.56 Å². The van der Waals surface area contributed by atoms with E-state index in [0.717, 1.165) is 21.8 Å². The van der Waals surface area contributed by atoms with Crippen LogP contribution in [0.25, 0.3) is 16.2 Å². The summed E-state index contributed by atoms with van der Waals surface area (Å²) in [5.41, 5.74) is 1.18. The smallest absolute Gasteiger partial charge is 0.268 e. The van der Waals surface area contributed by atoms with Gasteiger partial charge in [0.15, 0.2) is 5.69 Å². The number of imide groups is 1. The SMILES string of the molecule is O=C1c2sc3nnc(-c4ccccc4)c(=O)n3c2C(=O)N1Cc1ccccc1. The molecule has 0 atom stereocenters. The summed E-state index contributed by atoms with van der Waals surface area (Å²) in [6.45, 7) is 0.153. The van der Waals surface area contributed by atoms with Gasteiger partial charge < -0.3 is 0 Å². The topological polar surface area (TPSA) is 84.6 Å². The molecule has 2 aromatic carbocycles. The van der Waals surface area contributed by atoms with Crippen LogP contribution >= 0.6 is 11.3 Å². The van der Waals surface area contributed by atoms with Crippen LogP contribution in [0.1, 0.15) is 25.7 Å². The Balaban J connectivity index is 1.64. The van der Waals surface area contributed by atoms with E-state index in [4.69, 9.17) is 0 Å². The molecule has 0 fully saturated rings. The van der Waals surface area contributed by atoms with E-state index >= 15 is 0 Å². The number of hydrogen-bond acceptors (Lipinski definition) is 6. The number of benzene rings is 2. The summed E-state index contributed by atoms with van der Waals surface area (Å²) in [5, 5.41) is 8.09. The van der Waals surface area contributed by atoms with Gasteiger partial charge in [-0.25, -0.2) is 4.40 Å². The number of aromatic nitrogens is 3. The van der Waals surface area contributed by atoms with E-state index in [2.05, 4.69) is 10.2 Å². The first-order valence-electron chi connectivity index (χ1n) is 8.53. The maximum absolute atomic E-state index is 13.1. The lowest BCUT2D eigenvalue weighted by Crippen LogP contribution is -2.31. The third-order valence-corrected chi connectivity index (χ3v) is 5.60. The van der Waals surface area contributed by atoms with Crippen molar-refractivity contribution in [2.45, 2.75) is 6.54 Å². The Hall–Kier alpha value is -3.65. The highest BCUT2D eigenvalue weighted by atomic mass is 32.1. The first kappa shape index (κ1) is 16.5. The second-order valence-electron chi connectivity index (χ2n) is 6.30. The number of amides is 2. The van der Waals surface area contributed by atoms with Crippen molar-refractivity contribution in [1.29, 1.82) is 0 Å². The van der Waals surface area contributed by atoms with Crippen LogP contribution in [0.2, 0.25) is 0 Å². The van der Waals surface area contributed by atoms with Crippen molar-refractivity contribution in [3.8, 4) is 11.3 Å². The van der Waals surface area contributed by atoms with E-state index < -0.39 is 17.4 Å². The zero-order chi connectivity index (χ0) is 19.3. The van der Waals surface area contributed by atoms with Gasteiger partial charge in [-0.1, -0.05) is 72.0 Å². The third kappa shape index (κ3) is 2.39. The van der Waals surface area contributed by atoms with Crippen molar-refractivity contribution in [3.63, 3.8) is 0 Å². The van der Waals surface area contributed by atoms with E-state index in [1.807, 2.05) is 36.4 Å². The number of carbonyl (C=O) groups excluding carboxylic acids is 2. The first-order valence-corrected chi connectivity index (χ1v) is 9.34. The predicted molar refractivity (Wildman–Crippen MR) is 103 cm³/mol. The molecule has 3 heterocycles. The van der Waals surface area contributed by atoms with E-state index in [0.29, 0.717) is 5.56 Å². The lowest BCUT2D eigenvalue weighted by Gasteiger charge is -2.14. The minimum Gasteiger partial charge on any atom is -0.268 e. The van der Waals surface area contributed by atoms with Crippen LogP contribution in [0.3, 0.4) is 0 Å². The molecular weight excluding hydrogens is 376 g/mol. The molecule has 0 aliphatic carbocycles. The van der Waals surface area contributed by atoms with E-state index in [1.54, 1.807) is 24.3 Å². The fraction of sp³-hybridized carbons (Fsp3) is 0.0500.